The number of rotatable bonds is 3. The number of methoxy groups -OCH3 is 1. The van der Waals surface area contributed by atoms with Crippen LogP contribution < -0.4 is 0 Å². The zero-order valence-corrected chi connectivity index (χ0v) is 10.1. The summed E-state index contributed by atoms with van der Waals surface area (Å²) >= 11 is 0. The van der Waals surface area contributed by atoms with Gasteiger partial charge in [-0.15, -0.1) is 0 Å². The maximum absolute atomic E-state index is 11.7. The summed E-state index contributed by atoms with van der Waals surface area (Å²) in [5.41, 5.74) is 0.355. The number of fused-ring (bicyclic) bond motifs is 1. The number of hydrogen-bond donors (Lipinski definition) is 1. The third kappa shape index (κ3) is 2.15. The van der Waals surface area contributed by atoms with Crippen LogP contribution >= 0.6 is 0 Å². The monoisotopic (exact) mass is 242 g/mol. The third-order valence-corrected chi connectivity index (χ3v) is 3.46. The summed E-state index contributed by atoms with van der Waals surface area (Å²) in [5, 5.41) is 11.8. The van der Waals surface area contributed by atoms with Gasteiger partial charge in [-0.05, 0) is 18.9 Å². The van der Waals surface area contributed by atoms with Crippen molar-refractivity contribution in [2.75, 3.05) is 14.2 Å². The highest BCUT2D eigenvalue weighted by molar-refractivity contribution is 5.88. The number of carbonyl (C=O) groups is 1. The van der Waals surface area contributed by atoms with Gasteiger partial charge in [-0.25, -0.2) is 9.80 Å². The van der Waals surface area contributed by atoms with Crippen LogP contribution in [0, 0.1) is 5.92 Å². The summed E-state index contributed by atoms with van der Waals surface area (Å²) in [6, 6.07) is 0.0859. The Labute approximate surface area is 100 Å². The highest BCUT2D eigenvalue weighted by Gasteiger charge is 2.42. The fourth-order valence-corrected chi connectivity index (χ4v) is 2.67. The van der Waals surface area contributed by atoms with Crippen molar-refractivity contribution in [1.82, 2.24) is 10.3 Å². The van der Waals surface area contributed by atoms with Crippen LogP contribution in [0.1, 0.15) is 25.7 Å². The molecule has 0 radical (unpaired) electrons. The smallest absolute Gasteiger partial charge is 0.355 e. The van der Waals surface area contributed by atoms with E-state index in [0.29, 0.717) is 11.0 Å². The van der Waals surface area contributed by atoms with Crippen LogP contribution in [0.25, 0.3) is 0 Å². The van der Waals surface area contributed by atoms with Gasteiger partial charge in [-0.3, -0.25) is 10.0 Å². The van der Waals surface area contributed by atoms with Crippen molar-refractivity contribution < 1.29 is 19.6 Å². The first-order valence-electron chi connectivity index (χ1n) is 5.81. The molecule has 1 aliphatic carbocycles. The maximum Gasteiger partial charge on any atom is 0.355 e. The van der Waals surface area contributed by atoms with Gasteiger partial charge in [0, 0.05) is 11.3 Å². The molecule has 0 bridgehead atoms. The normalized spacial score (nSPS) is 28.0. The minimum atomic E-state index is -0.449. The Morgan fingerprint density at radius 2 is 2.18 bits per heavy atom. The van der Waals surface area contributed by atoms with E-state index in [0.717, 1.165) is 25.7 Å². The van der Waals surface area contributed by atoms with Gasteiger partial charge in [0.2, 0.25) is 0 Å². The molecule has 1 saturated carbocycles. The summed E-state index contributed by atoms with van der Waals surface area (Å²) in [6.07, 6.45) is 6.08. The van der Waals surface area contributed by atoms with Crippen LogP contribution in [-0.4, -0.2) is 41.8 Å². The van der Waals surface area contributed by atoms with Crippen LogP contribution in [0.4, 0.5) is 0 Å². The Morgan fingerprint density at radius 1 is 1.47 bits per heavy atom. The Morgan fingerprint density at radius 3 is 2.82 bits per heavy atom. The van der Waals surface area contributed by atoms with Crippen molar-refractivity contribution in [3.05, 3.63) is 11.8 Å². The second-order valence-electron chi connectivity index (χ2n) is 4.34. The average molecular weight is 242 g/mol. The van der Waals surface area contributed by atoms with Crippen molar-refractivity contribution in [2.24, 2.45) is 5.92 Å². The summed E-state index contributed by atoms with van der Waals surface area (Å²) in [7, 11) is 2.68. The van der Waals surface area contributed by atoms with Crippen molar-refractivity contribution in [1.29, 1.82) is 0 Å². The van der Waals surface area contributed by atoms with Crippen LogP contribution in [-0.2, 0) is 14.4 Å². The molecule has 0 aromatic rings. The first-order chi connectivity index (χ1) is 8.19. The molecule has 0 saturated heterocycles. The zero-order valence-electron chi connectivity index (χ0n) is 10.1. The number of carbonyl (C=O) groups excluding carboxylic acids is 1. The lowest BCUT2D eigenvalue weighted by molar-refractivity contribution is -0.428. The molecule has 0 aromatic carbocycles. The van der Waals surface area contributed by atoms with Gasteiger partial charge < -0.3 is 4.74 Å². The highest BCUT2D eigenvalue weighted by Crippen LogP contribution is 2.38. The SMILES string of the molecule is COC(=O)C1=C[C@@H]2CCCCC2N1N(O)OC. The largest absolute Gasteiger partial charge is 0.464 e. The molecular weight excluding hydrogens is 224 g/mol. The van der Waals surface area contributed by atoms with E-state index < -0.39 is 5.97 Å². The van der Waals surface area contributed by atoms with Crippen molar-refractivity contribution in [3.63, 3.8) is 0 Å². The first kappa shape index (κ1) is 12.3. The fourth-order valence-electron chi connectivity index (χ4n) is 2.67. The average Bonchev–Trinajstić information content (AvgIpc) is 2.76. The van der Waals surface area contributed by atoms with E-state index in [1.165, 1.54) is 19.2 Å². The van der Waals surface area contributed by atoms with E-state index in [2.05, 4.69) is 0 Å². The molecule has 1 unspecified atom stereocenters. The number of hydrogen-bond acceptors (Lipinski definition) is 6. The van der Waals surface area contributed by atoms with Crippen LogP contribution in [0.3, 0.4) is 0 Å². The van der Waals surface area contributed by atoms with Crippen LogP contribution in [0.15, 0.2) is 11.8 Å². The van der Waals surface area contributed by atoms with Gasteiger partial charge >= 0.3 is 5.97 Å². The molecule has 0 aromatic heterocycles. The first-order valence-corrected chi connectivity index (χ1v) is 5.81. The molecule has 2 aliphatic rings. The predicted octanol–water partition coefficient (Wildman–Crippen LogP) is 1.09. The molecule has 96 valence electrons. The lowest BCUT2D eigenvalue weighted by atomic mass is 9.86. The molecule has 6 nitrogen and oxygen atoms in total. The summed E-state index contributed by atoms with van der Waals surface area (Å²) in [5.74, 6) is -0.168. The Kier molecular flexibility index (Phi) is 3.66. The van der Waals surface area contributed by atoms with Crippen LogP contribution in [0.5, 0.6) is 0 Å². The van der Waals surface area contributed by atoms with Gasteiger partial charge in [0.05, 0.1) is 20.3 Å². The standard InChI is InChI=1S/C11H18N2O4/c1-16-11(14)10-7-8-5-3-4-6-9(8)12(10)13(15)17-2/h7-9,15H,3-6H2,1-2H3/t8-,9?/m0/s1. The summed E-state index contributed by atoms with van der Waals surface area (Å²) < 4.78 is 4.72. The van der Waals surface area contributed by atoms with E-state index in [9.17, 15) is 10.0 Å². The Balaban J connectivity index is 2.24. The second kappa shape index (κ2) is 5.03. The molecule has 1 fully saturated rings. The Hall–Kier alpha value is -1.11. The molecule has 1 N–H and O–H groups in total. The summed E-state index contributed by atoms with van der Waals surface area (Å²) in [6.45, 7) is 0. The topological polar surface area (TPSA) is 62.2 Å². The van der Waals surface area contributed by atoms with Crippen LogP contribution in [0.2, 0.25) is 0 Å². The zero-order chi connectivity index (χ0) is 12.4. The van der Waals surface area contributed by atoms with Crippen molar-refractivity contribution in [2.45, 2.75) is 31.7 Å². The van der Waals surface area contributed by atoms with E-state index >= 15 is 0 Å². The molecular formula is C11H18N2O4. The summed E-state index contributed by atoms with van der Waals surface area (Å²) in [4.78, 5) is 16.4. The van der Waals surface area contributed by atoms with Gasteiger partial charge in [-0.1, -0.05) is 12.8 Å². The molecule has 6 heteroatoms. The van der Waals surface area contributed by atoms with Crippen molar-refractivity contribution in [3.8, 4) is 0 Å². The van der Waals surface area contributed by atoms with Crippen molar-refractivity contribution >= 4 is 5.97 Å². The molecule has 17 heavy (non-hydrogen) atoms. The maximum atomic E-state index is 11.7. The van der Waals surface area contributed by atoms with Gasteiger partial charge in [0.25, 0.3) is 0 Å². The quantitative estimate of drug-likeness (QED) is 0.590. The number of ether oxygens (including phenoxy) is 1. The minimum Gasteiger partial charge on any atom is -0.464 e. The molecule has 2 atom stereocenters. The lowest BCUT2D eigenvalue weighted by Crippen LogP contribution is -2.47. The van der Waals surface area contributed by atoms with Gasteiger partial charge in [0.1, 0.15) is 5.70 Å². The number of nitrogens with zero attached hydrogens (tertiary/aromatic N) is 2. The molecule has 0 amide bonds. The molecule has 1 heterocycles. The van der Waals surface area contributed by atoms with Gasteiger partial charge in [0.15, 0.2) is 0 Å². The minimum absolute atomic E-state index is 0.0859. The fraction of sp³-hybridized carbons (Fsp3) is 0.727. The van der Waals surface area contributed by atoms with E-state index in [-0.39, 0.29) is 12.0 Å². The van der Waals surface area contributed by atoms with E-state index in [4.69, 9.17) is 9.57 Å². The third-order valence-electron chi connectivity index (χ3n) is 3.46. The highest BCUT2D eigenvalue weighted by atomic mass is 16.9. The second-order valence-corrected chi connectivity index (χ2v) is 4.34. The van der Waals surface area contributed by atoms with E-state index in [1.807, 2.05) is 6.08 Å². The number of esters is 1. The molecule has 2 rings (SSSR count). The molecule has 0 spiro atoms. The molecule has 1 aliphatic heterocycles. The lowest BCUT2D eigenvalue weighted by Gasteiger charge is -2.36. The number of hydrazine groups is 1. The van der Waals surface area contributed by atoms with E-state index in [1.54, 1.807) is 0 Å². The van der Waals surface area contributed by atoms with Gasteiger partial charge in [-0.2, -0.15) is 0 Å². The Bertz CT molecular complexity index is 331. The predicted molar refractivity (Wildman–Crippen MR) is 58.3 cm³/mol.